The van der Waals surface area contributed by atoms with Gasteiger partial charge in [-0.25, -0.2) is 0 Å². The minimum atomic E-state index is 0.310. The van der Waals surface area contributed by atoms with E-state index in [1.807, 2.05) is 0 Å². The SMILES string of the molecule is CCCCC(=O)C1CCC(C)=CC1C. The molecule has 0 fully saturated rings. The smallest absolute Gasteiger partial charge is 0.136 e. The number of rotatable bonds is 4. The molecule has 0 amide bonds. The highest BCUT2D eigenvalue weighted by Crippen LogP contribution is 2.30. The maximum atomic E-state index is 11.8. The van der Waals surface area contributed by atoms with Crippen molar-refractivity contribution in [2.75, 3.05) is 0 Å². The lowest BCUT2D eigenvalue weighted by molar-refractivity contribution is -0.124. The van der Waals surface area contributed by atoms with Crippen LogP contribution in [-0.4, -0.2) is 5.78 Å². The van der Waals surface area contributed by atoms with Crippen molar-refractivity contribution in [3.8, 4) is 0 Å². The molecule has 80 valence electrons. The van der Waals surface area contributed by atoms with E-state index in [1.165, 1.54) is 5.57 Å². The lowest BCUT2D eigenvalue weighted by Crippen LogP contribution is -2.23. The van der Waals surface area contributed by atoms with Gasteiger partial charge in [-0.15, -0.1) is 0 Å². The van der Waals surface area contributed by atoms with Crippen molar-refractivity contribution in [2.24, 2.45) is 11.8 Å². The molecule has 0 saturated carbocycles. The van der Waals surface area contributed by atoms with Crippen molar-refractivity contribution in [2.45, 2.75) is 52.9 Å². The molecule has 0 saturated heterocycles. The molecule has 0 radical (unpaired) electrons. The molecule has 1 aliphatic carbocycles. The molecule has 1 aliphatic rings. The molecule has 0 aliphatic heterocycles. The Kier molecular flexibility index (Phi) is 4.37. The van der Waals surface area contributed by atoms with E-state index in [1.54, 1.807) is 0 Å². The monoisotopic (exact) mass is 194 g/mol. The number of carbonyl (C=O) groups is 1. The first kappa shape index (κ1) is 11.5. The van der Waals surface area contributed by atoms with E-state index in [9.17, 15) is 4.79 Å². The van der Waals surface area contributed by atoms with Crippen LogP contribution in [0.3, 0.4) is 0 Å². The topological polar surface area (TPSA) is 17.1 Å². The van der Waals surface area contributed by atoms with Crippen LogP contribution in [0.5, 0.6) is 0 Å². The van der Waals surface area contributed by atoms with Crippen LogP contribution in [0.1, 0.15) is 52.9 Å². The normalized spacial score (nSPS) is 27.2. The molecule has 1 heteroatoms. The number of unbranched alkanes of at least 4 members (excludes halogenated alkanes) is 1. The summed E-state index contributed by atoms with van der Waals surface area (Å²) in [5.74, 6) is 1.27. The molecule has 0 heterocycles. The first-order valence-corrected chi connectivity index (χ1v) is 5.85. The lowest BCUT2D eigenvalue weighted by Gasteiger charge is -2.25. The second-order valence-corrected chi connectivity index (χ2v) is 4.59. The predicted molar refractivity (Wildman–Crippen MR) is 60.2 cm³/mol. The molecule has 0 spiro atoms. The van der Waals surface area contributed by atoms with Crippen LogP contribution < -0.4 is 0 Å². The van der Waals surface area contributed by atoms with Crippen LogP contribution in [0.15, 0.2) is 11.6 Å². The first-order valence-electron chi connectivity index (χ1n) is 5.85. The number of hydrogen-bond acceptors (Lipinski definition) is 1. The van der Waals surface area contributed by atoms with Crippen molar-refractivity contribution in [1.29, 1.82) is 0 Å². The molecular weight excluding hydrogens is 172 g/mol. The Morgan fingerprint density at radius 1 is 1.57 bits per heavy atom. The molecule has 1 nitrogen and oxygen atoms in total. The molecule has 0 bridgehead atoms. The second-order valence-electron chi connectivity index (χ2n) is 4.59. The zero-order valence-corrected chi connectivity index (χ0v) is 9.68. The fraction of sp³-hybridized carbons (Fsp3) is 0.769. The number of Topliss-reactive ketones (excluding diaryl/α,β-unsaturated/α-hetero) is 1. The molecule has 1 rings (SSSR count). The Labute approximate surface area is 87.6 Å². The molecular formula is C13H22O. The summed E-state index contributed by atoms with van der Waals surface area (Å²) in [7, 11) is 0. The highest BCUT2D eigenvalue weighted by molar-refractivity contribution is 5.81. The maximum absolute atomic E-state index is 11.8. The van der Waals surface area contributed by atoms with E-state index < -0.39 is 0 Å². The molecule has 14 heavy (non-hydrogen) atoms. The zero-order valence-electron chi connectivity index (χ0n) is 9.68. The number of ketones is 1. The summed E-state index contributed by atoms with van der Waals surface area (Å²) in [6, 6.07) is 0. The Hall–Kier alpha value is -0.590. The Morgan fingerprint density at radius 2 is 2.29 bits per heavy atom. The lowest BCUT2D eigenvalue weighted by atomic mass is 9.78. The quantitative estimate of drug-likeness (QED) is 0.623. The Balaban J connectivity index is 2.49. The minimum Gasteiger partial charge on any atom is -0.299 e. The van der Waals surface area contributed by atoms with Gasteiger partial charge >= 0.3 is 0 Å². The standard InChI is InChI=1S/C13H22O/c1-4-5-6-13(14)12-8-7-10(2)9-11(12)3/h9,11-12H,4-8H2,1-3H3. The summed E-state index contributed by atoms with van der Waals surface area (Å²) in [5, 5.41) is 0. The van der Waals surface area contributed by atoms with Crippen molar-refractivity contribution < 1.29 is 4.79 Å². The van der Waals surface area contributed by atoms with Crippen molar-refractivity contribution in [1.82, 2.24) is 0 Å². The molecule has 0 aromatic carbocycles. The van der Waals surface area contributed by atoms with Gasteiger partial charge in [-0.05, 0) is 32.1 Å². The second kappa shape index (κ2) is 5.33. The van der Waals surface area contributed by atoms with Gasteiger partial charge in [0.25, 0.3) is 0 Å². The summed E-state index contributed by atoms with van der Waals surface area (Å²) in [4.78, 5) is 11.8. The van der Waals surface area contributed by atoms with Gasteiger partial charge in [-0.2, -0.15) is 0 Å². The zero-order chi connectivity index (χ0) is 10.6. The highest BCUT2D eigenvalue weighted by Gasteiger charge is 2.25. The van der Waals surface area contributed by atoms with Gasteiger partial charge in [-0.1, -0.05) is 31.9 Å². The molecule has 2 unspecified atom stereocenters. The van der Waals surface area contributed by atoms with Gasteiger partial charge in [0.05, 0.1) is 0 Å². The van der Waals surface area contributed by atoms with Crippen LogP contribution in [0.2, 0.25) is 0 Å². The van der Waals surface area contributed by atoms with Crippen LogP contribution >= 0.6 is 0 Å². The third kappa shape index (κ3) is 2.97. The van der Waals surface area contributed by atoms with Crippen molar-refractivity contribution in [3.63, 3.8) is 0 Å². The molecule has 0 N–H and O–H groups in total. The van der Waals surface area contributed by atoms with Gasteiger partial charge in [0.1, 0.15) is 5.78 Å². The van der Waals surface area contributed by atoms with E-state index in [4.69, 9.17) is 0 Å². The van der Waals surface area contributed by atoms with E-state index >= 15 is 0 Å². The fourth-order valence-electron chi connectivity index (χ4n) is 2.28. The number of allylic oxidation sites excluding steroid dienone is 2. The van der Waals surface area contributed by atoms with Crippen molar-refractivity contribution in [3.05, 3.63) is 11.6 Å². The highest BCUT2D eigenvalue weighted by atomic mass is 16.1. The third-order valence-electron chi connectivity index (χ3n) is 3.22. The van der Waals surface area contributed by atoms with Gasteiger partial charge in [0.15, 0.2) is 0 Å². The van der Waals surface area contributed by atoms with Gasteiger partial charge in [-0.3, -0.25) is 4.79 Å². The van der Waals surface area contributed by atoms with Crippen LogP contribution in [0.25, 0.3) is 0 Å². The number of carbonyl (C=O) groups excluding carboxylic acids is 1. The summed E-state index contributed by atoms with van der Waals surface area (Å²) in [6.07, 6.45) is 7.45. The fourth-order valence-corrected chi connectivity index (χ4v) is 2.28. The van der Waals surface area contributed by atoms with Crippen LogP contribution in [0.4, 0.5) is 0 Å². The van der Waals surface area contributed by atoms with E-state index in [0.29, 0.717) is 17.6 Å². The predicted octanol–water partition coefficient (Wildman–Crippen LogP) is 3.74. The van der Waals surface area contributed by atoms with Crippen LogP contribution in [0, 0.1) is 11.8 Å². The number of hydrogen-bond donors (Lipinski definition) is 0. The Morgan fingerprint density at radius 3 is 2.86 bits per heavy atom. The van der Waals surface area contributed by atoms with Gasteiger partial charge < -0.3 is 0 Å². The maximum Gasteiger partial charge on any atom is 0.136 e. The summed E-state index contributed by atoms with van der Waals surface area (Å²) >= 11 is 0. The largest absolute Gasteiger partial charge is 0.299 e. The summed E-state index contributed by atoms with van der Waals surface area (Å²) in [6.45, 7) is 6.49. The van der Waals surface area contributed by atoms with Gasteiger partial charge in [0, 0.05) is 12.3 Å². The average Bonchev–Trinajstić information content (AvgIpc) is 2.14. The van der Waals surface area contributed by atoms with Crippen molar-refractivity contribution >= 4 is 5.78 Å². The van der Waals surface area contributed by atoms with Gasteiger partial charge in [0.2, 0.25) is 0 Å². The summed E-state index contributed by atoms with van der Waals surface area (Å²) in [5.41, 5.74) is 1.46. The first-order chi connectivity index (χ1) is 6.65. The average molecular weight is 194 g/mol. The molecule has 2 atom stereocenters. The molecule has 0 aromatic rings. The van der Waals surface area contributed by atoms with E-state index in [-0.39, 0.29) is 0 Å². The summed E-state index contributed by atoms with van der Waals surface area (Å²) < 4.78 is 0. The molecule has 0 aromatic heterocycles. The van der Waals surface area contributed by atoms with E-state index in [2.05, 4.69) is 26.8 Å². The third-order valence-corrected chi connectivity index (χ3v) is 3.22. The minimum absolute atomic E-state index is 0.310. The van der Waals surface area contributed by atoms with E-state index in [0.717, 1.165) is 32.1 Å². The van der Waals surface area contributed by atoms with Crippen LogP contribution in [-0.2, 0) is 4.79 Å². The Bertz CT molecular complexity index is 227.